The molecule has 0 spiro atoms. The Morgan fingerprint density at radius 3 is 2.73 bits per heavy atom. The zero-order valence-electron chi connectivity index (χ0n) is 14.4. The third-order valence-corrected chi connectivity index (χ3v) is 4.68. The Labute approximate surface area is 151 Å². The fraction of sp³-hybridized carbons (Fsp3) is 0.421. The maximum Gasteiger partial charge on any atom is 0.178 e. The minimum absolute atomic E-state index is 0.00466. The number of anilines is 1. The van der Waals surface area contributed by atoms with Gasteiger partial charge in [-0.05, 0) is 41.8 Å². The lowest BCUT2D eigenvalue weighted by molar-refractivity contribution is -0.245. The molecule has 0 amide bonds. The highest BCUT2D eigenvalue weighted by Gasteiger charge is 2.43. The van der Waals surface area contributed by atoms with Crippen LogP contribution in [0.15, 0.2) is 36.4 Å². The highest BCUT2D eigenvalue weighted by Crippen LogP contribution is 2.30. The molecule has 3 unspecified atom stereocenters. The molecule has 1 heterocycles. The number of aliphatic hydroxyl groups is 4. The first-order valence-corrected chi connectivity index (χ1v) is 8.52. The first kappa shape index (κ1) is 18.8. The van der Waals surface area contributed by atoms with Gasteiger partial charge in [0.05, 0.1) is 6.61 Å². The van der Waals surface area contributed by atoms with E-state index >= 15 is 0 Å². The normalized spacial score (nSPS) is 31.7. The smallest absolute Gasteiger partial charge is 0.178 e. The summed E-state index contributed by atoms with van der Waals surface area (Å²) >= 11 is 0. The highest BCUT2D eigenvalue weighted by atomic mass is 16.6. The van der Waals surface area contributed by atoms with Crippen LogP contribution in [0.3, 0.4) is 0 Å². The number of rotatable bonds is 4. The number of nitrogens with one attached hydrogen (secondary N) is 1. The fourth-order valence-corrected chi connectivity index (χ4v) is 3.36. The summed E-state index contributed by atoms with van der Waals surface area (Å²) in [7, 11) is 0. The van der Waals surface area contributed by atoms with Crippen LogP contribution < -0.4 is 5.32 Å². The van der Waals surface area contributed by atoms with Crippen LogP contribution in [0.25, 0.3) is 5.57 Å². The van der Waals surface area contributed by atoms with Crippen LogP contribution in [0.1, 0.15) is 18.1 Å². The van der Waals surface area contributed by atoms with E-state index in [0.29, 0.717) is 5.69 Å². The van der Waals surface area contributed by atoms with Gasteiger partial charge in [-0.2, -0.15) is 0 Å². The predicted molar refractivity (Wildman–Crippen MR) is 95.3 cm³/mol. The Bertz CT molecular complexity index is 744. The second-order valence-electron chi connectivity index (χ2n) is 6.51. The Morgan fingerprint density at radius 2 is 2.04 bits per heavy atom. The molecule has 3 rings (SSSR count). The standard InChI is InChI=1S/C19H23NO6/c1-2-3-10-7-13(22)8-11-6-12(4-5-14(10)11)20-16-18(24)17(23)15(9-21)26-19(16)25/h2-7,15-21,23-25H,8-9H2,1H3/b3-2+/t15?,16?,17-,18-,19?/m1/s1. The van der Waals surface area contributed by atoms with Gasteiger partial charge in [-0.25, -0.2) is 0 Å². The molecule has 1 aliphatic heterocycles. The lowest BCUT2D eigenvalue weighted by atomic mass is 9.89. The van der Waals surface area contributed by atoms with Crippen molar-refractivity contribution in [1.29, 1.82) is 0 Å². The molecule has 1 aromatic rings. The molecule has 5 N–H and O–H groups in total. The maximum absolute atomic E-state index is 11.9. The average Bonchev–Trinajstić information content (AvgIpc) is 2.61. The van der Waals surface area contributed by atoms with Gasteiger partial charge in [0.1, 0.15) is 24.4 Å². The molecule has 0 saturated carbocycles. The fourth-order valence-electron chi connectivity index (χ4n) is 3.36. The van der Waals surface area contributed by atoms with Crippen molar-refractivity contribution in [2.45, 2.75) is 44.0 Å². The second kappa shape index (κ2) is 7.69. The van der Waals surface area contributed by atoms with E-state index < -0.39 is 37.3 Å². The number of carbonyl (C=O) groups is 1. The number of aliphatic hydroxyl groups excluding tert-OH is 4. The van der Waals surface area contributed by atoms with E-state index in [9.17, 15) is 20.1 Å². The number of ether oxygens (including phenoxy) is 1. The van der Waals surface area contributed by atoms with Crippen molar-refractivity contribution < 1.29 is 30.0 Å². The molecule has 2 aliphatic rings. The van der Waals surface area contributed by atoms with Crippen LogP contribution in [-0.4, -0.2) is 63.5 Å². The number of allylic oxidation sites excluding steroid dienone is 4. The van der Waals surface area contributed by atoms with Crippen LogP contribution >= 0.6 is 0 Å². The number of hydrogen-bond donors (Lipinski definition) is 5. The molecule has 0 aromatic heterocycles. The number of ketones is 1. The Balaban J connectivity index is 1.83. The molecular formula is C19H23NO6. The van der Waals surface area contributed by atoms with Crippen LogP contribution in [0.2, 0.25) is 0 Å². The zero-order valence-corrected chi connectivity index (χ0v) is 14.4. The second-order valence-corrected chi connectivity index (χ2v) is 6.51. The minimum atomic E-state index is -1.40. The zero-order chi connectivity index (χ0) is 18.8. The Hall–Kier alpha value is -2.03. The highest BCUT2D eigenvalue weighted by molar-refractivity contribution is 6.04. The van der Waals surface area contributed by atoms with E-state index in [0.717, 1.165) is 16.7 Å². The molecule has 1 aromatic carbocycles. The number of fused-ring (bicyclic) bond motifs is 1. The third-order valence-electron chi connectivity index (χ3n) is 4.68. The summed E-state index contributed by atoms with van der Waals surface area (Å²) < 4.78 is 5.14. The van der Waals surface area contributed by atoms with Crippen molar-refractivity contribution in [3.8, 4) is 0 Å². The van der Waals surface area contributed by atoms with Gasteiger partial charge < -0.3 is 30.5 Å². The van der Waals surface area contributed by atoms with Gasteiger partial charge in [0.25, 0.3) is 0 Å². The van der Waals surface area contributed by atoms with E-state index in [1.54, 1.807) is 18.2 Å². The van der Waals surface area contributed by atoms with Gasteiger partial charge >= 0.3 is 0 Å². The third kappa shape index (κ3) is 3.58. The van der Waals surface area contributed by atoms with Crippen molar-refractivity contribution >= 4 is 17.0 Å². The van der Waals surface area contributed by atoms with E-state index in [1.165, 1.54) is 0 Å². The largest absolute Gasteiger partial charge is 0.394 e. The molecule has 1 aliphatic carbocycles. The Kier molecular flexibility index (Phi) is 5.55. The van der Waals surface area contributed by atoms with E-state index in [2.05, 4.69) is 5.32 Å². The monoisotopic (exact) mass is 361 g/mol. The van der Waals surface area contributed by atoms with E-state index in [-0.39, 0.29) is 12.2 Å². The van der Waals surface area contributed by atoms with Crippen LogP contribution in [-0.2, 0) is 16.0 Å². The molecule has 0 bridgehead atoms. The first-order chi connectivity index (χ1) is 12.4. The van der Waals surface area contributed by atoms with Gasteiger partial charge in [0.2, 0.25) is 0 Å². The van der Waals surface area contributed by atoms with Crippen molar-refractivity contribution in [1.82, 2.24) is 0 Å². The summed E-state index contributed by atoms with van der Waals surface area (Å²) in [5.41, 5.74) is 3.21. The lowest BCUT2D eigenvalue weighted by Crippen LogP contribution is -2.61. The summed E-state index contributed by atoms with van der Waals surface area (Å²) in [6.45, 7) is 1.37. The van der Waals surface area contributed by atoms with Crippen molar-refractivity contribution in [2.24, 2.45) is 0 Å². The number of hydrogen-bond acceptors (Lipinski definition) is 7. The summed E-state index contributed by atoms with van der Waals surface area (Å²) in [5.74, 6) is 0.00466. The number of carbonyl (C=O) groups excluding carboxylic acids is 1. The van der Waals surface area contributed by atoms with Gasteiger partial charge in [-0.1, -0.05) is 18.2 Å². The summed E-state index contributed by atoms with van der Waals surface area (Å²) in [6.07, 6.45) is 0.518. The van der Waals surface area contributed by atoms with Crippen molar-refractivity contribution in [3.05, 3.63) is 47.6 Å². The van der Waals surface area contributed by atoms with Crippen LogP contribution in [0.4, 0.5) is 5.69 Å². The van der Waals surface area contributed by atoms with Crippen molar-refractivity contribution in [3.63, 3.8) is 0 Å². The predicted octanol–water partition coefficient (Wildman–Crippen LogP) is -0.0169. The van der Waals surface area contributed by atoms with Gasteiger partial charge in [0, 0.05) is 12.1 Å². The quantitative estimate of drug-likeness (QED) is 0.511. The molecule has 1 fully saturated rings. The van der Waals surface area contributed by atoms with Gasteiger partial charge in [-0.15, -0.1) is 0 Å². The SMILES string of the molecule is C/C=C/C1=CC(=O)Cc2cc(NC3C(O)OC(CO)[C@@H](O)[C@@H]3O)ccc21. The Morgan fingerprint density at radius 1 is 1.27 bits per heavy atom. The molecule has 7 nitrogen and oxygen atoms in total. The molecule has 140 valence electrons. The first-order valence-electron chi connectivity index (χ1n) is 8.52. The lowest BCUT2D eigenvalue weighted by Gasteiger charge is -2.40. The molecule has 7 heteroatoms. The average molecular weight is 361 g/mol. The van der Waals surface area contributed by atoms with Gasteiger partial charge in [0.15, 0.2) is 12.1 Å². The maximum atomic E-state index is 11.9. The number of benzene rings is 1. The van der Waals surface area contributed by atoms with Crippen LogP contribution in [0.5, 0.6) is 0 Å². The van der Waals surface area contributed by atoms with Crippen molar-refractivity contribution in [2.75, 3.05) is 11.9 Å². The van der Waals surface area contributed by atoms with E-state index in [1.807, 2.05) is 25.1 Å². The molecule has 0 radical (unpaired) electrons. The molecular weight excluding hydrogens is 338 g/mol. The summed E-state index contributed by atoms with van der Waals surface area (Å²) in [4.78, 5) is 11.9. The minimum Gasteiger partial charge on any atom is -0.394 e. The summed E-state index contributed by atoms with van der Waals surface area (Å²) in [6, 6.07) is 4.45. The summed E-state index contributed by atoms with van der Waals surface area (Å²) in [5, 5.41) is 42.4. The molecule has 1 saturated heterocycles. The van der Waals surface area contributed by atoms with Crippen LogP contribution in [0, 0.1) is 0 Å². The molecule has 5 atom stereocenters. The molecule has 26 heavy (non-hydrogen) atoms. The topological polar surface area (TPSA) is 119 Å². The van der Waals surface area contributed by atoms with E-state index in [4.69, 9.17) is 9.84 Å². The van der Waals surface area contributed by atoms with Gasteiger partial charge in [-0.3, -0.25) is 4.79 Å².